The molecule has 54 valence electrons. The smallest absolute Gasteiger partial charge is 0.0867 e. The molecule has 0 aromatic carbocycles. The van der Waals surface area contributed by atoms with Crippen molar-refractivity contribution in [1.29, 1.82) is 0 Å². The van der Waals surface area contributed by atoms with Crippen LogP contribution in [-0.2, 0) is 0 Å². The van der Waals surface area contributed by atoms with E-state index in [4.69, 9.17) is 0 Å². The predicted octanol–water partition coefficient (Wildman–Crippen LogP) is 2.39. The van der Waals surface area contributed by atoms with E-state index in [0.717, 1.165) is 12.1 Å². The van der Waals surface area contributed by atoms with Crippen molar-refractivity contribution in [1.82, 2.24) is 0 Å². The Balaban J connectivity index is 3.87. The molecule has 0 bridgehead atoms. The van der Waals surface area contributed by atoms with Crippen LogP contribution in [0.5, 0.6) is 0 Å². The molecular weight excluding hydrogens is 122 g/mol. The molecule has 10 heavy (non-hydrogen) atoms. The van der Waals surface area contributed by atoms with E-state index in [2.05, 4.69) is 23.8 Å². The Morgan fingerprint density at radius 1 is 1.60 bits per heavy atom. The van der Waals surface area contributed by atoms with E-state index in [9.17, 15) is 0 Å². The Morgan fingerprint density at radius 2 is 2.30 bits per heavy atom. The van der Waals surface area contributed by atoms with E-state index >= 15 is 0 Å². The van der Waals surface area contributed by atoms with Crippen LogP contribution >= 0.6 is 0 Å². The summed E-state index contributed by atoms with van der Waals surface area (Å²) in [6.07, 6.45) is 4.82. The summed E-state index contributed by atoms with van der Waals surface area (Å²) in [7, 11) is 0. The summed E-state index contributed by atoms with van der Waals surface area (Å²) in [6, 6.07) is 0. The third-order valence-electron chi connectivity index (χ3n) is 0.915. The highest BCUT2D eigenvalue weighted by Gasteiger charge is 1.74. The lowest BCUT2D eigenvalue weighted by atomic mass is 10.4. The van der Waals surface area contributed by atoms with Gasteiger partial charge in [0.05, 0.1) is 5.71 Å². The Kier molecular flexibility index (Phi) is 5.47. The number of nitrogens with zero attached hydrogens (tertiary/aromatic N) is 1. The number of aliphatic imine (C=N–C) groups is 1. The summed E-state index contributed by atoms with van der Waals surface area (Å²) in [4.78, 5) is 4.07. The third-order valence-corrected chi connectivity index (χ3v) is 0.915. The predicted molar refractivity (Wildman–Crippen MR) is 46.0 cm³/mol. The first-order valence-corrected chi connectivity index (χ1v) is 3.43. The maximum Gasteiger partial charge on any atom is 0.0867 e. The topological polar surface area (TPSA) is 12.4 Å². The summed E-state index contributed by atoms with van der Waals surface area (Å²) >= 11 is 0. The van der Waals surface area contributed by atoms with Gasteiger partial charge in [-0.3, -0.25) is 4.99 Å². The van der Waals surface area contributed by atoms with Gasteiger partial charge in [-0.15, -0.1) is 5.92 Å². The second kappa shape index (κ2) is 6.10. The summed E-state index contributed by atoms with van der Waals surface area (Å²) < 4.78 is 0. The van der Waals surface area contributed by atoms with Crippen molar-refractivity contribution in [2.75, 3.05) is 0 Å². The highest BCUT2D eigenvalue weighted by atomic mass is 14.7. The molecule has 0 atom stereocenters. The zero-order valence-corrected chi connectivity index (χ0v) is 6.81. The molecular formula is C9H13N. The van der Waals surface area contributed by atoms with Gasteiger partial charge in [-0.05, 0) is 20.3 Å². The van der Waals surface area contributed by atoms with E-state index in [-0.39, 0.29) is 0 Å². The minimum atomic E-state index is 0.868. The molecule has 0 N–H and O–H groups in total. The highest BCUT2D eigenvalue weighted by molar-refractivity contribution is 5.98. The Morgan fingerprint density at radius 3 is 2.80 bits per heavy atom. The van der Waals surface area contributed by atoms with Gasteiger partial charge in [0, 0.05) is 6.20 Å². The SMILES string of the molecule is CC#CC(C)=N/C=C\CC. The molecule has 0 saturated heterocycles. The fourth-order valence-corrected chi connectivity index (χ4v) is 0.483. The second-order valence-electron chi connectivity index (χ2n) is 1.88. The maximum atomic E-state index is 4.07. The van der Waals surface area contributed by atoms with Crippen molar-refractivity contribution in [2.24, 2.45) is 4.99 Å². The van der Waals surface area contributed by atoms with Crippen molar-refractivity contribution in [2.45, 2.75) is 27.2 Å². The molecule has 1 nitrogen and oxygen atoms in total. The molecule has 0 aliphatic heterocycles. The van der Waals surface area contributed by atoms with Gasteiger partial charge < -0.3 is 0 Å². The maximum absolute atomic E-state index is 4.07. The lowest BCUT2D eigenvalue weighted by molar-refractivity contribution is 1.21. The van der Waals surface area contributed by atoms with Crippen LogP contribution in [0.1, 0.15) is 27.2 Å². The zero-order valence-electron chi connectivity index (χ0n) is 6.81. The van der Waals surface area contributed by atoms with Crippen LogP contribution < -0.4 is 0 Å². The van der Waals surface area contributed by atoms with Crippen molar-refractivity contribution in [3.63, 3.8) is 0 Å². The Bertz CT molecular complexity index is 189. The molecule has 0 rings (SSSR count). The number of hydrogen-bond donors (Lipinski definition) is 0. The van der Waals surface area contributed by atoms with E-state index < -0.39 is 0 Å². The average molecular weight is 135 g/mol. The van der Waals surface area contributed by atoms with Crippen molar-refractivity contribution < 1.29 is 0 Å². The molecule has 0 aliphatic carbocycles. The largest absolute Gasteiger partial charge is 0.253 e. The van der Waals surface area contributed by atoms with E-state index in [1.165, 1.54) is 0 Å². The van der Waals surface area contributed by atoms with Crippen LogP contribution in [0.25, 0.3) is 0 Å². The van der Waals surface area contributed by atoms with Gasteiger partial charge in [0.15, 0.2) is 0 Å². The van der Waals surface area contributed by atoms with Crippen LogP contribution in [0.4, 0.5) is 0 Å². The standard InChI is InChI=1S/C9H13N/c1-4-6-8-10-9(3)7-5-2/h6,8H,4H2,1-3H3/b8-6-,10-9?. The molecule has 0 amide bonds. The summed E-state index contributed by atoms with van der Waals surface area (Å²) in [5.74, 6) is 5.63. The van der Waals surface area contributed by atoms with Gasteiger partial charge in [-0.1, -0.05) is 18.9 Å². The van der Waals surface area contributed by atoms with Crippen LogP contribution in [0.15, 0.2) is 17.3 Å². The Hall–Kier alpha value is -1.03. The molecule has 0 heterocycles. The summed E-state index contributed by atoms with van der Waals surface area (Å²) in [5, 5.41) is 0. The summed E-state index contributed by atoms with van der Waals surface area (Å²) in [5.41, 5.74) is 0.868. The lowest BCUT2D eigenvalue weighted by Gasteiger charge is -1.80. The second-order valence-corrected chi connectivity index (χ2v) is 1.88. The molecule has 0 unspecified atom stereocenters. The van der Waals surface area contributed by atoms with Crippen molar-refractivity contribution in [3.8, 4) is 11.8 Å². The molecule has 0 fully saturated rings. The quantitative estimate of drug-likeness (QED) is 0.407. The molecule has 0 aliphatic rings. The van der Waals surface area contributed by atoms with Crippen LogP contribution in [-0.4, -0.2) is 5.71 Å². The van der Waals surface area contributed by atoms with E-state index in [0.29, 0.717) is 0 Å². The van der Waals surface area contributed by atoms with Gasteiger partial charge in [0.25, 0.3) is 0 Å². The first-order valence-electron chi connectivity index (χ1n) is 3.43. The summed E-state index contributed by atoms with van der Waals surface area (Å²) in [6.45, 7) is 5.78. The minimum Gasteiger partial charge on any atom is -0.253 e. The molecule has 0 spiro atoms. The molecule has 0 saturated carbocycles. The number of rotatable bonds is 2. The van der Waals surface area contributed by atoms with Gasteiger partial charge >= 0.3 is 0 Å². The fraction of sp³-hybridized carbons (Fsp3) is 0.444. The average Bonchev–Trinajstić information content (AvgIpc) is 1.89. The lowest BCUT2D eigenvalue weighted by Crippen LogP contribution is -1.81. The molecule has 0 radical (unpaired) electrons. The minimum absolute atomic E-state index is 0.868. The van der Waals surface area contributed by atoms with Gasteiger partial charge in [-0.2, -0.15) is 0 Å². The third kappa shape index (κ3) is 5.11. The van der Waals surface area contributed by atoms with Crippen molar-refractivity contribution >= 4 is 5.71 Å². The normalized spacial score (nSPS) is 11.3. The van der Waals surface area contributed by atoms with Crippen LogP contribution in [0, 0.1) is 11.8 Å². The van der Waals surface area contributed by atoms with Crippen LogP contribution in [0.3, 0.4) is 0 Å². The zero-order chi connectivity index (χ0) is 7.82. The molecule has 0 aromatic heterocycles. The van der Waals surface area contributed by atoms with Gasteiger partial charge in [0.2, 0.25) is 0 Å². The monoisotopic (exact) mass is 135 g/mol. The van der Waals surface area contributed by atoms with E-state index in [1.54, 1.807) is 6.20 Å². The highest BCUT2D eigenvalue weighted by Crippen LogP contribution is 1.82. The Labute approximate surface area is 62.9 Å². The number of allylic oxidation sites excluding steroid dienone is 1. The number of hydrogen-bond acceptors (Lipinski definition) is 1. The van der Waals surface area contributed by atoms with Gasteiger partial charge in [0.1, 0.15) is 0 Å². The fourth-order valence-electron chi connectivity index (χ4n) is 0.483. The van der Waals surface area contributed by atoms with Crippen molar-refractivity contribution in [3.05, 3.63) is 12.3 Å². The molecule has 0 aromatic rings. The first-order chi connectivity index (χ1) is 4.81. The first kappa shape index (κ1) is 8.97. The van der Waals surface area contributed by atoms with E-state index in [1.807, 2.05) is 19.9 Å². The van der Waals surface area contributed by atoms with Gasteiger partial charge in [-0.25, -0.2) is 0 Å². The molecule has 1 heteroatoms. The van der Waals surface area contributed by atoms with Crippen LogP contribution in [0.2, 0.25) is 0 Å².